The van der Waals surface area contributed by atoms with E-state index in [1.807, 2.05) is 0 Å². The van der Waals surface area contributed by atoms with E-state index >= 15 is 0 Å². The van der Waals surface area contributed by atoms with Gasteiger partial charge in [-0.1, -0.05) is 23.2 Å². The molecule has 0 saturated carbocycles. The fraction of sp³-hybridized carbons (Fsp3) is 0.176. The number of hydrogen-bond acceptors (Lipinski definition) is 6. The van der Waals surface area contributed by atoms with Crippen LogP contribution in [0.2, 0.25) is 10.0 Å². The SMILES string of the molecule is COC(=O)c1cc(O)cc(OC)c1Oc1c(C(=O)O)cc(Cl)c(C)c1Cl. The summed E-state index contributed by atoms with van der Waals surface area (Å²) in [4.78, 5) is 23.6. The lowest BCUT2D eigenvalue weighted by Crippen LogP contribution is -2.08. The van der Waals surface area contributed by atoms with Crippen LogP contribution in [0, 0.1) is 6.92 Å². The molecule has 2 rings (SSSR count). The minimum Gasteiger partial charge on any atom is -0.508 e. The minimum atomic E-state index is -1.33. The van der Waals surface area contributed by atoms with Gasteiger partial charge in [0, 0.05) is 11.1 Å². The highest BCUT2D eigenvalue weighted by atomic mass is 35.5. The molecule has 2 aromatic rings. The van der Waals surface area contributed by atoms with Crippen LogP contribution in [0.3, 0.4) is 0 Å². The van der Waals surface area contributed by atoms with Crippen molar-refractivity contribution in [1.29, 1.82) is 0 Å². The summed E-state index contributed by atoms with van der Waals surface area (Å²) >= 11 is 12.2. The largest absolute Gasteiger partial charge is 0.508 e. The number of halogens is 2. The van der Waals surface area contributed by atoms with Crippen molar-refractivity contribution in [3.8, 4) is 23.0 Å². The van der Waals surface area contributed by atoms with Crippen LogP contribution in [0.15, 0.2) is 18.2 Å². The van der Waals surface area contributed by atoms with Crippen molar-refractivity contribution < 1.29 is 34.0 Å². The lowest BCUT2D eigenvalue weighted by Gasteiger charge is -2.18. The quantitative estimate of drug-likeness (QED) is 0.721. The van der Waals surface area contributed by atoms with Gasteiger partial charge in [0.05, 0.1) is 19.2 Å². The summed E-state index contributed by atoms with van der Waals surface area (Å²) in [6.07, 6.45) is 0. The minimum absolute atomic E-state index is 0.0228. The predicted octanol–water partition coefficient (Wildman–Crippen LogP) is 4.29. The Labute approximate surface area is 158 Å². The molecular weight excluding hydrogens is 387 g/mol. The number of carboxylic acids is 1. The van der Waals surface area contributed by atoms with Crippen molar-refractivity contribution in [2.45, 2.75) is 6.92 Å². The first-order valence-corrected chi connectivity index (χ1v) is 7.85. The number of methoxy groups -OCH3 is 2. The van der Waals surface area contributed by atoms with Crippen LogP contribution in [0.1, 0.15) is 26.3 Å². The number of phenols is 1. The average Bonchev–Trinajstić information content (AvgIpc) is 2.61. The Kier molecular flexibility index (Phi) is 5.84. The van der Waals surface area contributed by atoms with Crippen molar-refractivity contribution in [2.24, 2.45) is 0 Å². The summed E-state index contributed by atoms with van der Waals surface area (Å²) in [6, 6.07) is 3.48. The molecular formula is C17H14Cl2O7. The lowest BCUT2D eigenvalue weighted by atomic mass is 10.1. The number of hydrogen-bond donors (Lipinski definition) is 2. The molecule has 7 nitrogen and oxygen atoms in total. The van der Waals surface area contributed by atoms with E-state index in [0.717, 1.165) is 13.2 Å². The van der Waals surface area contributed by atoms with Gasteiger partial charge in [-0.15, -0.1) is 0 Å². The Hall–Kier alpha value is -2.64. The number of aromatic hydroxyl groups is 1. The van der Waals surface area contributed by atoms with Gasteiger partial charge < -0.3 is 24.4 Å². The fourth-order valence-corrected chi connectivity index (χ4v) is 2.65. The Morgan fingerprint density at radius 1 is 1.04 bits per heavy atom. The van der Waals surface area contributed by atoms with Gasteiger partial charge in [0.2, 0.25) is 0 Å². The fourth-order valence-electron chi connectivity index (χ4n) is 2.16. The number of benzene rings is 2. The molecule has 2 N–H and O–H groups in total. The van der Waals surface area contributed by atoms with Crippen molar-refractivity contribution in [3.63, 3.8) is 0 Å². The highest BCUT2D eigenvalue weighted by molar-refractivity contribution is 6.37. The molecule has 0 bridgehead atoms. The molecule has 0 spiro atoms. The second kappa shape index (κ2) is 7.72. The smallest absolute Gasteiger partial charge is 0.341 e. The number of carbonyl (C=O) groups is 2. The van der Waals surface area contributed by atoms with E-state index in [2.05, 4.69) is 4.74 Å². The van der Waals surface area contributed by atoms with E-state index in [-0.39, 0.29) is 44.2 Å². The first-order valence-electron chi connectivity index (χ1n) is 7.10. The Bertz CT molecular complexity index is 893. The molecule has 0 aliphatic rings. The van der Waals surface area contributed by atoms with Gasteiger partial charge in [0.1, 0.15) is 16.9 Å². The summed E-state index contributed by atoms with van der Waals surface area (Å²) < 4.78 is 15.4. The molecule has 2 aromatic carbocycles. The highest BCUT2D eigenvalue weighted by Gasteiger charge is 2.26. The van der Waals surface area contributed by atoms with Gasteiger partial charge in [-0.05, 0) is 24.6 Å². The third-order valence-corrected chi connectivity index (χ3v) is 4.35. The molecule has 0 fully saturated rings. The van der Waals surface area contributed by atoms with E-state index in [1.54, 1.807) is 6.92 Å². The lowest BCUT2D eigenvalue weighted by molar-refractivity contribution is 0.0596. The van der Waals surface area contributed by atoms with E-state index in [4.69, 9.17) is 32.7 Å². The second-order valence-corrected chi connectivity index (χ2v) is 5.88. The van der Waals surface area contributed by atoms with Gasteiger partial charge in [0.25, 0.3) is 0 Å². The predicted molar refractivity (Wildman–Crippen MR) is 94.2 cm³/mol. The number of ether oxygens (including phenoxy) is 3. The first-order chi connectivity index (χ1) is 12.2. The topological polar surface area (TPSA) is 102 Å². The zero-order chi connectivity index (χ0) is 19.6. The number of rotatable bonds is 5. The van der Waals surface area contributed by atoms with Gasteiger partial charge in [-0.25, -0.2) is 9.59 Å². The summed E-state index contributed by atoms with van der Waals surface area (Å²) in [7, 11) is 2.43. The number of carboxylic acid groups (broad SMARTS) is 1. The molecule has 0 aliphatic carbocycles. The van der Waals surface area contributed by atoms with Crippen LogP contribution in [0.5, 0.6) is 23.0 Å². The molecule has 0 aromatic heterocycles. The monoisotopic (exact) mass is 400 g/mol. The normalized spacial score (nSPS) is 10.3. The molecule has 0 amide bonds. The molecule has 9 heteroatoms. The average molecular weight is 401 g/mol. The van der Waals surface area contributed by atoms with E-state index in [1.165, 1.54) is 19.2 Å². The highest BCUT2D eigenvalue weighted by Crippen LogP contribution is 2.44. The maximum Gasteiger partial charge on any atom is 0.341 e. The van der Waals surface area contributed by atoms with Gasteiger partial charge >= 0.3 is 11.9 Å². The van der Waals surface area contributed by atoms with Crippen LogP contribution in [0.4, 0.5) is 0 Å². The third kappa shape index (κ3) is 3.63. The van der Waals surface area contributed by atoms with Crippen molar-refractivity contribution in [2.75, 3.05) is 14.2 Å². The molecule has 26 heavy (non-hydrogen) atoms. The zero-order valence-electron chi connectivity index (χ0n) is 13.9. The molecule has 0 heterocycles. The second-order valence-electron chi connectivity index (χ2n) is 5.10. The summed E-state index contributed by atoms with van der Waals surface area (Å²) in [6.45, 7) is 1.58. The van der Waals surface area contributed by atoms with Gasteiger partial charge in [-0.3, -0.25) is 0 Å². The van der Waals surface area contributed by atoms with Crippen LogP contribution < -0.4 is 9.47 Å². The molecule has 0 unspecified atom stereocenters. The van der Waals surface area contributed by atoms with Gasteiger partial charge in [0.15, 0.2) is 17.2 Å². The van der Waals surface area contributed by atoms with E-state index in [0.29, 0.717) is 5.56 Å². The summed E-state index contributed by atoms with van der Waals surface area (Å²) in [5.41, 5.74) is -0.0911. The van der Waals surface area contributed by atoms with E-state index < -0.39 is 11.9 Å². The Morgan fingerprint density at radius 3 is 2.23 bits per heavy atom. The maximum atomic E-state index is 12.0. The van der Waals surface area contributed by atoms with Crippen LogP contribution in [-0.4, -0.2) is 36.4 Å². The first kappa shape index (κ1) is 19.7. The van der Waals surface area contributed by atoms with Crippen molar-refractivity contribution >= 4 is 35.1 Å². The summed E-state index contributed by atoms with van der Waals surface area (Å²) in [5, 5.41) is 19.3. The number of phenolic OH excluding ortho intramolecular Hbond substituents is 1. The maximum absolute atomic E-state index is 12.0. The van der Waals surface area contributed by atoms with Crippen LogP contribution in [0.25, 0.3) is 0 Å². The van der Waals surface area contributed by atoms with Crippen molar-refractivity contribution in [3.05, 3.63) is 44.9 Å². The third-order valence-electron chi connectivity index (χ3n) is 3.50. The van der Waals surface area contributed by atoms with Crippen LogP contribution in [-0.2, 0) is 4.74 Å². The number of carbonyl (C=O) groups excluding carboxylic acids is 1. The molecule has 0 aliphatic heterocycles. The number of aromatic carboxylic acids is 1. The standard InChI is InChI=1S/C17H14Cl2O7/c1-7-11(18)6-9(16(21)22)15(13(7)19)26-14-10(17(23)25-3)4-8(20)5-12(14)24-2/h4-6,20H,1-3H3,(H,21,22). The Balaban J connectivity index is 2.75. The van der Waals surface area contributed by atoms with E-state index in [9.17, 15) is 19.8 Å². The molecule has 138 valence electrons. The molecule has 0 atom stereocenters. The molecule has 0 saturated heterocycles. The summed E-state index contributed by atoms with van der Waals surface area (Å²) in [5.74, 6) is -2.84. The Morgan fingerprint density at radius 2 is 1.69 bits per heavy atom. The number of esters is 1. The van der Waals surface area contributed by atoms with Gasteiger partial charge in [-0.2, -0.15) is 0 Å². The van der Waals surface area contributed by atoms with Crippen LogP contribution >= 0.6 is 23.2 Å². The molecule has 0 radical (unpaired) electrons. The van der Waals surface area contributed by atoms with Crippen molar-refractivity contribution in [1.82, 2.24) is 0 Å². The zero-order valence-corrected chi connectivity index (χ0v) is 15.4.